The van der Waals surface area contributed by atoms with E-state index in [9.17, 15) is 13.2 Å². The summed E-state index contributed by atoms with van der Waals surface area (Å²) in [4.78, 5) is 14.5. The summed E-state index contributed by atoms with van der Waals surface area (Å²) in [5.74, 6) is -0.386. The van der Waals surface area contributed by atoms with Gasteiger partial charge >= 0.3 is 0 Å². The minimum atomic E-state index is -3.83. The number of hydrogen-bond donors (Lipinski definition) is 1. The van der Waals surface area contributed by atoms with Gasteiger partial charge in [0.1, 0.15) is 0 Å². The van der Waals surface area contributed by atoms with Gasteiger partial charge in [-0.3, -0.25) is 9.10 Å². The first kappa shape index (κ1) is 22.2. The molecule has 2 aromatic carbocycles. The van der Waals surface area contributed by atoms with Gasteiger partial charge in [0.25, 0.3) is 15.9 Å². The Balaban J connectivity index is 2.26. The van der Waals surface area contributed by atoms with Crippen molar-refractivity contribution in [1.82, 2.24) is 10.2 Å². The first-order valence-electron chi connectivity index (χ1n) is 9.07. The fourth-order valence-corrected chi connectivity index (χ4v) is 4.45. The van der Waals surface area contributed by atoms with Crippen LogP contribution in [0, 0.1) is 0 Å². The Kier molecular flexibility index (Phi) is 7.86. The fourth-order valence-electron chi connectivity index (χ4n) is 2.74. The van der Waals surface area contributed by atoms with Crippen LogP contribution < -0.4 is 9.62 Å². The molecule has 152 valence electrons. The molecule has 8 heteroatoms. The number of amides is 1. The molecule has 2 aromatic rings. The molecule has 0 saturated heterocycles. The molecule has 0 aromatic heterocycles. The van der Waals surface area contributed by atoms with Crippen molar-refractivity contribution < 1.29 is 13.2 Å². The quantitative estimate of drug-likeness (QED) is 0.628. The average Bonchev–Trinajstić information content (AvgIpc) is 2.66. The maximum atomic E-state index is 13.1. The van der Waals surface area contributed by atoms with Crippen molar-refractivity contribution in [1.29, 1.82) is 0 Å². The third-order valence-corrected chi connectivity index (χ3v) is 6.40. The van der Waals surface area contributed by atoms with Crippen LogP contribution in [0.1, 0.15) is 23.7 Å². The minimum Gasteiger partial charge on any atom is -0.352 e. The van der Waals surface area contributed by atoms with Gasteiger partial charge in [0.2, 0.25) is 0 Å². The summed E-state index contributed by atoms with van der Waals surface area (Å²) in [5.41, 5.74) is 0.714. The Morgan fingerprint density at radius 1 is 1.11 bits per heavy atom. The number of para-hydroxylation sites is 1. The van der Waals surface area contributed by atoms with Crippen LogP contribution in [0.3, 0.4) is 0 Å². The number of rotatable bonds is 9. The van der Waals surface area contributed by atoms with Crippen LogP contribution in [0.25, 0.3) is 0 Å². The summed E-state index contributed by atoms with van der Waals surface area (Å²) < 4.78 is 27.6. The first-order chi connectivity index (χ1) is 13.3. The SMILES string of the molecule is CCN(c1ccccc1)S(=O)(=O)c1ccc(Cl)c(C(=O)NCCCN(C)C)c1. The van der Waals surface area contributed by atoms with E-state index in [-0.39, 0.29) is 27.9 Å². The van der Waals surface area contributed by atoms with E-state index in [4.69, 9.17) is 11.6 Å². The van der Waals surface area contributed by atoms with Gasteiger partial charge in [-0.25, -0.2) is 8.42 Å². The molecule has 0 fully saturated rings. The molecular formula is C20H26ClN3O3S. The van der Waals surface area contributed by atoms with Crippen molar-refractivity contribution in [2.45, 2.75) is 18.2 Å². The van der Waals surface area contributed by atoms with Crippen LogP contribution in [0.2, 0.25) is 5.02 Å². The van der Waals surface area contributed by atoms with Crippen molar-refractivity contribution in [2.24, 2.45) is 0 Å². The maximum absolute atomic E-state index is 13.1. The molecule has 0 unspecified atom stereocenters. The molecule has 0 bridgehead atoms. The second kappa shape index (κ2) is 9.91. The van der Waals surface area contributed by atoms with E-state index in [0.717, 1.165) is 13.0 Å². The van der Waals surface area contributed by atoms with E-state index in [0.29, 0.717) is 12.2 Å². The number of carbonyl (C=O) groups excluding carboxylic acids is 1. The van der Waals surface area contributed by atoms with Crippen LogP contribution in [-0.2, 0) is 10.0 Å². The zero-order chi connectivity index (χ0) is 20.7. The molecular weight excluding hydrogens is 398 g/mol. The van der Waals surface area contributed by atoms with Crippen molar-refractivity contribution >= 4 is 33.2 Å². The predicted molar refractivity (Wildman–Crippen MR) is 114 cm³/mol. The lowest BCUT2D eigenvalue weighted by molar-refractivity contribution is 0.0952. The highest BCUT2D eigenvalue weighted by atomic mass is 35.5. The van der Waals surface area contributed by atoms with Gasteiger partial charge in [-0.1, -0.05) is 29.8 Å². The highest BCUT2D eigenvalue weighted by Gasteiger charge is 2.25. The summed E-state index contributed by atoms with van der Waals surface area (Å²) in [6.07, 6.45) is 0.784. The third-order valence-electron chi connectivity index (χ3n) is 4.17. The number of anilines is 1. The van der Waals surface area contributed by atoms with Gasteiger partial charge in [0.15, 0.2) is 0 Å². The Morgan fingerprint density at radius 3 is 2.39 bits per heavy atom. The molecule has 0 atom stereocenters. The fraction of sp³-hybridized carbons (Fsp3) is 0.350. The van der Waals surface area contributed by atoms with Gasteiger partial charge in [-0.15, -0.1) is 0 Å². The molecule has 6 nitrogen and oxygen atoms in total. The molecule has 0 aliphatic rings. The van der Waals surface area contributed by atoms with Gasteiger partial charge in [0, 0.05) is 13.1 Å². The van der Waals surface area contributed by atoms with Gasteiger partial charge < -0.3 is 10.2 Å². The molecule has 0 radical (unpaired) electrons. The van der Waals surface area contributed by atoms with E-state index in [1.165, 1.54) is 22.5 Å². The molecule has 28 heavy (non-hydrogen) atoms. The van der Waals surface area contributed by atoms with Crippen molar-refractivity contribution in [3.8, 4) is 0 Å². The molecule has 2 rings (SSSR count). The van der Waals surface area contributed by atoms with E-state index in [2.05, 4.69) is 5.32 Å². The molecule has 1 N–H and O–H groups in total. The van der Waals surface area contributed by atoms with E-state index < -0.39 is 10.0 Å². The van der Waals surface area contributed by atoms with Crippen molar-refractivity contribution in [3.63, 3.8) is 0 Å². The number of nitrogens with zero attached hydrogens (tertiary/aromatic N) is 2. The van der Waals surface area contributed by atoms with Crippen LogP contribution in [0.5, 0.6) is 0 Å². The average molecular weight is 424 g/mol. The maximum Gasteiger partial charge on any atom is 0.264 e. The van der Waals surface area contributed by atoms with Crippen LogP contribution >= 0.6 is 11.6 Å². The van der Waals surface area contributed by atoms with Gasteiger partial charge in [0.05, 0.1) is 21.2 Å². The van der Waals surface area contributed by atoms with E-state index in [1.807, 2.05) is 25.1 Å². The first-order valence-corrected chi connectivity index (χ1v) is 10.9. The Bertz CT molecular complexity index is 902. The van der Waals surface area contributed by atoms with Gasteiger partial charge in [-0.2, -0.15) is 0 Å². The predicted octanol–water partition coefficient (Wildman–Crippen LogP) is 3.24. The Morgan fingerprint density at radius 2 is 1.79 bits per heavy atom. The summed E-state index contributed by atoms with van der Waals surface area (Å²) in [7, 11) is 0.0898. The van der Waals surface area contributed by atoms with Crippen molar-refractivity contribution in [2.75, 3.05) is 38.0 Å². The Hall–Kier alpha value is -2.09. The monoisotopic (exact) mass is 423 g/mol. The van der Waals surface area contributed by atoms with Gasteiger partial charge in [-0.05, 0) is 64.3 Å². The van der Waals surface area contributed by atoms with Crippen LogP contribution in [-0.4, -0.2) is 53.0 Å². The molecule has 0 spiro atoms. The normalized spacial score (nSPS) is 11.5. The number of halogens is 1. The lowest BCUT2D eigenvalue weighted by Gasteiger charge is -2.23. The summed E-state index contributed by atoms with van der Waals surface area (Å²) >= 11 is 6.16. The molecule has 0 saturated carbocycles. The van der Waals surface area contributed by atoms with E-state index in [1.54, 1.807) is 31.2 Å². The van der Waals surface area contributed by atoms with E-state index >= 15 is 0 Å². The topological polar surface area (TPSA) is 69.7 Å². The van der Waals surface area contributed by atoms with Crippen LogP contribution in [0.15, 0.2) is 53.4 Å². The zero-order valence-electron chi connectivity index (χ0n) is 16.4. The summed E-state index contributed by atoms with van der Waals surface area (Å²) in [6, 6.07) is 13.1. The number of hydrogen-bond acceptors (Lipinski definition) is 4. The summed E-state index contributed by atoms with van der Waals surface area (Å²) in [6.45, 7) is 3.35. The highest BCUT2D eigenvalue weighted by Crippen LogP contribution is 2.26. The number of carbonyl (C=O) groups is 1. The molecule has 0 aliphatic heterocycles. The van der Waals surface area contributed by atoms with Crippen molar-refractivity contribution in [3.05, 3.63) is 59.1 Å². The molecule has 0 aliphatic carbocycles. The number of sulfonamides is 1. The molecule has 0 heterocycles. The number of benzene rings is 2. The highest BCUT2D eigenvalue weighted by molar-refractivity contribution is 7.92. The second-order valence-corrected chi connectivity index (χ2v) is 8.83. The second-order valence-electron chi connectivity index (χ2n) is 6.56. The Labute approximate surface area is 172 Å². The smallest absolute Gasteiger partial charge is 0.264 e. The number of nitrogens with one attached hydrogen (secondary N) is 1. The minimum absolute atomic E-state index is 0.0287. The third kappa shape index (κ3) is 5.47. The lowest BCUT2D eigenvalue weighted by Crippen LogP contribution is -2.31. The molecule has 1 amide bonds. The summed E-state index contributed by atoms with van der Waals surface area (Å²) in [5, 5.41) is 3.00. The largest absolute Gasteiger partial charge is 0.352 e. The lowest BCUT2D eigenvalue weighted by atomic mass is 10.2. The standard InChI is InChI=1S/C20H26ClN3O3S/c1-4-24(16-9-6-5-7-10-16)28(26,27)17-11-12-19(21)18(15-17)20(25)22-13-8-14-23(2)3/h5-7,9-12,15H,4,8,13-14H2,1-3H3,(H,22,25). The van der Waals surface area contributed by atoms with Crippen LogP contribution in [0.4, 0.5) is 5.69 Å². The zero-order valence-corrected chi connectivity index (χ0v) is 17.9.